The number of carboxylic acid groups (broad SMARTS) is 1. The molecule has 0 saturated carbocycles. The summed E-state index contributed by atoms with van der Waals surface area (Å²) in [6, 6.07) is 15.3. The summed E-state index contributed by atoms with van der Waals surface area (Å²) in [6.45, 7) is 1.95. The fourth-order valence-electron chi connectivity index (χ4n) is 2.66. The Balaban J connectivity index is 1.83. The molecule has 140 valence electrons. The van der Waals surface area contributed by atoms with Gasteiger partial charge in [-0.2, -0.15) is 0 Å². The van der Waals surface area contributed by atoms with Crippen molar-refractivity contribution in [2.24, 2.45) is 5.92 Å². The van der Waals surface area contributed by atoms with E-state index in [1.165, 1.54) is 18.3 Å². The molecule has 0 aliphatic rings. The number of thiophene rings is 1. The van der Waals surface area contributed by atoms with Crippen LogP contribution >= 0.6 is 11.3 Å². The molecule has 27 heavy (non-hydrogen) atoms. The molecule has 0 aliphatic heterocycles. The molecule has 0 aliphatic carbocycles. The van der Waals surface area contributed by atoms with E-state index in [1.54, 1.807) is 13.2 Å². The lowest BCUT2D eigenvalue weighted by Gasteiger charge is -2.11. The summed E-state index contributed by atoms with van der Waals surface area (Å²) < 4.78 is 12.2. The molecule has 3 rings (SSSR count). The summed E-state index contributed by atoms with van der Waals surface area (Å²) >= 11 is 1.34. The standard InChI is InChI=1S/C21H20O5S/c1-13(21(23)24)8-16(22)20-10-15-9-17(25-2)18(11-19(15)27-20)26-12-14-6-4-3-5-7-14/h3-7,9-11,13H,8,12H2,1-2H3,(H,23,24)/t13-/m0/s1. The van der Waals surface area contributed by atoms with Crippen molar-refractivity contribution in [1.82, 2.24) is 0 Å². The zero-order valence-corrected chi connectivity index (χ0v) is 15.9. The molecule has 1 N–H and O–H groups in total. The van der Waals surface area contributed by atoms with E-state index in [0.717, 1.165) is 15.6 Å². The topological polar surface area (TPSA) is 72.8 Å². The van der Waals surface area contributed by atoms with Crippen LogP contribution in [0, 0.1) is 5.92 Å². The molecule has 0 spiro atoms. The molecular formula is C21H20O5S. The molecule has 0 radical (unpaired) electrons. The number of methoxy groups -OCH3 is 1. The first-order valence-electron chi connectivity index (χ1n) is 8.52. The van der Waals surface area contributed by atoms with Gasteiger partial charge in [0.25, 0.3) is 0 Å². The smallest absolute Gasteiger partial charge is 0.306 e. The molecule has 0 fully saturated rings. The van der Waals surface area contributed by atoms with Crippen molar-refractivity contribution in [2.45, 2.75) is 20.0 Å². The summed E-state index contributed by atoms with van der Waals surface area (Å²) in [5, 5.41) is 9.86. The Kier molecular flexibility index (Phi) is 5.76. The van der Waals surface area contributed by atoms with Gasteiger partial charge in [0.1, 0.15) is 6.61 Å². The number of ether oxygens (including phenoxy) is 2. The van der Waals surface area contributed by atoms with E-state index in [2.05, 4.69) is 0 Å². The number of carbonyl (C=O) groups is 2. The van der Waals surface area contributed by atoms with E-state index in [9.17, 15) is 9.59 Å². The molecular weight excluding hydrogens is 364 g/mol. The van der Waals surface area contributed by atoms with Gasteiger partial charge >= 0.3 is 5.97 Å². The predicted octanol–water partition coefficient (Wildman–Crippen LogP) is 4.78. The summed E-state index contributed by atoms with van der Waals surface area (Å²) in [5.74, 6) is -0.649. The molecule has 2 aromatic carbocycles. The minimum Gasteiger partial charge on any atom is -0.493 e. The van der Waals surface area contributed by atoms with Gasteiger partial charge in [0, 0.05) is 17.2 Å². The lowest BCUT2D eigenvalue weighted by atomic mass is 10.0. The molecule has 0 saturated heterocycles. The Morgan fingerprint density at radius 3 is 2.52 bits per heavy atom. The van der Waals surface area contributed by atoms with Crippen LogP contribution in [0.2, 0.25) is 0 Å². The lowest BCUT2D eigenvalue weighted by Crippen LogP contribution is -2.13. The zero-order chi connectivity index (χ0) is 19.4. The van der Waals surface area contributed by atoms with Gasteiger partial charge in [0.15, 0.2) is 17.3 Å². The van der Waals surface area contributed by atoms with Crippen LogP contribution in [0.4, 0.5) is 0 Å². The van der Waals surface area contributed by atoms with Crippen molar-refractivity contribution in [3.63, 3.8) is 0 Å². The van der Waals surface area contributed by atoms with Gasteiger partial charge in [0.2, 0.25) is 0 Å². The second-order valence-electron chi connectivity index (χ2n) is 6.29. The Bertz CT molecular complexity index is 961. The van der Waals surface area contributed by atoms with E-state index >= 15 is 0 Å². The van der Waals surface area contributed by atoms with Crippen LogP contribution in [-0.4, -0.2) is 24.0 Å². The Hall–Kier alpha value is -2.86. The number of aliphatic carboxylic acids is 1. The van der Waals surface area contributed by atoms with Crippen LogP contribution < -0.4 is 9.47 Å². The van der Waals surface area contributed by atoms with Crippen LogP contribution in [0.1, 0.15) is 28.6 Å². The number of benzene rings is 2. The number of hydrogen-bond donors (Lipinski definition) is 1. The van der Waals surface area contributed by atoms with Gasteiger partial charge in [-0.05, 0) is 23.1 Å². The summed E-state index contributed by atoms with van der Waals surface area (Å²) in [5.41, 5.74) is 1.05. The number of hydrogen-bond acceptors (Lipinski definition) is 5. The molecule has 3 aromatic rings. The zero-order valence-electron chi connectivity index (χ0n) is 15.1. The van der Waals surface area contributed by atoms with Crippen molar-refractivity contribution in [3.8, 4) is 11.5 Å². The van der Waals surface area contributed by atoms with Gasteiger partial charge in [0.05, 0.1) is 17.9 Å². The van der Waals surface area contributed by atoms with Gasteiger partial charge in [-0.25, -0.2) is 0 Å². The predicted molar refractivity (Wildman–Crippen MR) is 105 cm³/mol. The molecule has 1 atom stereocenters. The highest BCUT2D eigenvalue weighted by atomic mass is 32.1. The first kappa shape index (κ1) is 18.9. The van der Waals surface area contributed by atoms with E-state index in [4.69, 9.17) is 14.6 Å². The maximum atomic E-state index is 12.4. The first-order valence-corrected chi connectivity index (χ1v) is 9.34. The molecule has 5 nitrogen and oxygen atoms in total. The van der Waals surface area contributed by atoms with Gasteiger partial charge < -0.3 is 14.6 Å². The van der Waals surface area contributed by atoms with Crippen molar-refractivity contribution >= 4 is 33.2 Å². The number of Topliss-reactive ketones (excluding diaryl/α,β-unsaturated/α-hetero) is 1. The van der Waals surface area contributed by atoms with Crippen molar-refractivity contribution in [1.29, 1.82) is 0 Å². The lowest BCUT2D eigenvalue weighted by molar-refractivity contribution is -0.141. The average Bonchev–Trinajstić information content (AvgIpc) is 3.09. The summed E-state index contributed by atoms with van der Waals surface area (Å²) in [7, 11) is 1.57. The number of fused-ring (bicyclic) bond motifs is 1. The van der Waals surface area contributed by atoms with Crippen molar-refractivity contribution in [2.75, 3.05) is 7.11 Å². The van der Waals surface area contributed by atoms with Crippen LogP contribution in [0.5, 0.6) is 11.5 Å². The van der Waals surface area contributed by atoms with E-state index in [1.807, 2.05) is 42.5 Å². The van der Waals surface area contributed by atoms with Crippen LogP contribution in [0.25, 0.3) is 10.1 Å². The second kappa shape index (κ2) is 8.22. The van der Waals surface area contributed by atoms with Crippen LogP contribution in [0.3, 0.4) is 0 Å². The molecule has 0 bridgehead atoms. The third-order valence-corrected chi connectivity index (χ3v) is 5.37. The highest BCUT2D eigenvalue weighted by molar-refractivity contribution is 7.20. The number of carboxylic acids is 1. The third-order valence-electron chi connectivity index (χ3n) is 4.23. The monoisotopic (exact) mass is 384 g/mol. The second-order valence-corrected chi connectivity index (χ2v) is 7.38. The summed E-state index contributed by atoms with van der Waals surface area (Å²) in [6.07, 6.45) is -0.0172. The highest BCUT2D eigenvalue weighted by Gasteiger charge is 2.19. The number of carbonyl (C=O) groups excluding carboxylic acids is 1. The van der Waals surface area contributed by atoms with Crippen molar-refractivity contribution < 1.29 is 24.2 Å². The average molecular weight is 384 g/mol. The van der Waals surface area contributed by atoms with Gasteiger partial charge in [-0.3, -0.25) is 9.59 Å². The van der Waals surface area contributed by atoms with E-state index < -0.39 is 11.9 Å². The maximum Gasteiger partial charge on any atom is 0.306 e. The molecule has 1 heterocycles. The van der Waals surface area contributed by atoms with Gasteiger partial charge in [-0.15, -0.1) is 11.3 Å². The largest absolute Gasteiger partial charge is 0.493 e. The number of rotatable bonds is 8. The minimum atomic E-state index is -0.970. The summed E-state index contributed by atoms with van der Waals surface area (Å²) in [4.78, 5) is 23.9. The Morgan fingerprint density at radius 2 is 1.85 bits per heavy atom. The van der Waals surface area contributed by atoms with Gasteiger partial charge in [-0.1, -0.05) is 37.3 Å². The molecule has 6 heteroatoms. The van der Waals surface area contributed by atoms with Crippen LogP contribution in [-0.2, 0) is 11.4 Å². The third kappa shape index (κ3) is 4.46. The highest BCUT2D eigenvalue weighted by Crippen LogP contribution is 2.37. The molecule has 0 unspecified atom stereocenters. The molecule has 1 aromatic heterocycles. The maximum absolute atomic E-state index is 12.4. The SMILES string of the molecule is COc1cc2cc(C(=O)C[C@H](C)C(=O)O)sc2cc1OCc1ccccc1. The van der Waals surface area contributed by atoms with E-state index in [-0.39, 0.29) is 12.2 Å². The fraction of sp³-hybridized carbons (Fsp3) is 0.238. The Morgan fingerprint density at radius 1 is 1.11 bits per heavy atom. The fourth-order valence-corrected chi connectivity index (χ4v) is 3.68. The molecule has 0 amide bonds. The van der Waals surface area contributed by atoms with Crippen molar-refractivity contribution in [3.05, 3.63) is 59.0 Å². The Labute approximate surface area is 161 Å². The normalized spacial score (nSPS) is 11.9. The van der Waals surface area contributed by atoms with Crippen LogP contribution in [0.15, 0.2) is 48.5 Å². The number of ketones is 1. The first-order chi connectivity index (χ1) is 13.0. The van der Waals surface area contributed by atoms with E-state index in [0.29, 0.717) is 23.0 Å². The minimum absolute atomic E-state index is 0.0172. The quantitative estimate of drug-likeness (QED) is 0.566.